The van der Waals surface area contributed by atoms with Gasteiger partial charge in [0.05, 0.1) is 10.8 Å². The summed E-state index contributed by atoms with van der Waals surface area (Å²) in [6.45, 7) is 4.47. The molecule has 0 spiro atoms. The minimum atomic E-state index is -0.352. The fourth-order valence-electron chi connectivity index (χ4n) is 2.80. The van der Waals surface area contributed by atoms with E-state index in [0.717, 1.165) is 0 Å². The van der Waals surface area contributed by atoms with Crippen molar-refractivity contribution in [2.75, 3.05) is 6.54 Å². The van der Waals surface area contributed by atoms with Crippen molar-refractivity contribution in [3.8, 4) is 11.4 Å². The first-order valence-corrected chi connectivity index (χ1v) is 9.99. The Hall–Kier alpha value is -2.67. The van der Waals surface area contributed by atoms with Crippen molar-refractivity contribution >= 4 is 17.7 Å². The summed E-state index contributed by atoms with van der Waals surface area (Å²) in [4.78, 5) is 12.5. The number of hydrogen-bond donors (Lipinski definition) is 1. The van der Waals surface area contributed by atoms with Crippen LogP contribution in [0.3, 0.4) is 0 Å². The van der Waals surface area contributed by atoms with Gasteiger partial charge in [0.1, 0.15) is 5.82 Å². The smallest absolute Gasteiger partial charge is 0.233 e. The first kappa shape index (κ1) is 20.1. The van der Waals surface area contributed by atoms with E-state index in [1.807, 2.05) is 25.1 Å². The number of thioether (sulfide) groups is 1. The van der Waals surface area contributed by atoms with Gasteiger partial charge in [0, 0.05) is 13.6 Å². The lowest BCUT2D eigenvalue weighted by atomic mass is 10.0. The van der Waals surface area contributed by atoms with E-state index < -0.39 is 0 Å². The van der Waals surface area contributed by atoms with Crippen molar-refractivity contribution in [2.24, 2.45) is 7.05 Å². The number of rotatable bonds is 7. The van der Waals surface area contributed by atoms with Gasteiger partial charge in [-0.15, -0.1) is 10.2 Å². The number of nitrogens with zero attached hydrogens (tertiary/aromatic N) is 3. The lowest BCUT2D eigenvalue weighted by Gasteiger charge is -2.15. The molecule has 0 fully saturated rings. The molecule has 146 valence electrons. The van der Waals surface area contributed by atoms with Gasteiger partial charge in [-0.3, -0.25) is 4.79 Å². The Kier molecular flexibility index (Phi) is 6.46. The van der Waals surface area contributed by atoms with E-state index >= 15 is 0 Å². The average Bonchev–Trinajstić information content (AvgIpc) is 3.07. The molecule has 7 heteroatoms. The number of benzene rings is 2. The van der Waals surface area contributed by atoms with Crippen molar-refractivity contribution in [3.05, 3.63) is 66.0 Å². The molecule has 0 aliphatic heterocycles. The van der Waals surface area contributed by atoms with Crippen LogP contribution >= 0.6 is 11.8 Å². The number of nitrogens with one attached hydrogen (secondary N) is 1. The molecule has 0 saturated heterocycles. The maximum atomic E-state index is 14.0. The Labute approximate surface area is 168 Å². The van der Waals surface area contributed by atoms with Crippen LogP contribution in [0.25, 0.3) is 11.4 Å². The van der Waals surface area contributed by atoms with E-state index in [4.69, 9.17) is 0 Å². The van der Waals surface area contributed by atoms with Crippen LogP contribution in [0.5, 0.6) is 0 Å². The standard InChI is InChI=1S/C21H23FN4OS/c1-14(16-9-5-4-6-10-16)13-23-20(27)15(2)28-21-25-24-19(26(21)3)17-11-7-8-12-18(17)22/h4-12,14-15H,13H2,1-3H3,(H,23,27)/t14-,15-/m0/s1. The lowest BCUT2D eigenvalue weighted by Crippen LogP contribution is -2.33. The number of amides is 1. The Morgan fingerprint density at radius 2 is 1.79 bits per heavy atom. The molecule has 1 heterocycles. The van der Waals surface area contributed by atoms with Gasteiger partial charge in [0.2, 0.25) is 5.91 Å². The summed E-state index contributed by atoms with van der Waals surface area (Å²) in [7, 11) is 1.77. The van der Waals surface area contributed by atoms with Gasteiger partial charge in [0.15, 0.2) is 11.0 Å². The molecule has 1 N–H and O–H groups in total. The molecule has 1 aromatic heterocycles. The zero-order valence-corrected chi connectivity index (χ0v) is 16.9. The first-order valence-electron chi connectivity index (χ1n) is 9.11. The highest BCUT2D eigenvalue weighted by Crippen LogP contribution is 2.27. The van der Waals surface area contributed by atoms with Gasteiger partial charge < -0.3 is 9.88 Å². The van der Waals surface area contributed by atoms with Gasteiger partial charge >= 0.3 is 0 Å². The van der Waals surface area contributed by atoms with Crippen molar-refractivity contribution in [1.29, 1.82) is 0 Å². The van der Waals surface area contributed by atoms with Gasteiger partial charge in [-0.1, -0.05) is 61.2 Å². The minimum absolute atomic E-state index is 0.0665. The molecule has 3 aromatic rings. The van der Waals surface area contributed by atoms with Crippen LogP contribution in [-0.2, 0) is 11.8 Å². The van der Waals surface area contributed by atoms with E-state index in [-0.39, 0.29) is 22.9 Å². The van der Waals surface area contributed by atoms with E-state index in [2.05, 4.69) is 34.6 Å². The van der Waals surface area contributed by atoms with Crippen LogP contribution in [-0.4, -0.2) is 32.5 Å². The highest BCUT2D eigenvalue weighted by Gasteiger charge is 2.20. The van der Waals surface area contributed by atoms with E-state index in [9.17, 15) is 9.18 Å². The fourth-order valence-corrected chi connectivity index (χ4v) is 3.64. The third-order valence-electron chi connectivity index (χ3n) is 4.55. The molecule has 3 rings (SSSR count). The van der Waals surface area contributed by atoms with Gasteiger partial charge in [-0.2, -0.15) is 0 Å². The number of halogens is 1. The van der Waals surface area contributed by atoms with Crippen molar-refractivity contribution in [3.63, 3.8) is 0 Å². The average molecular weight is 399 g/mol. The maximum Gasteiger partial charge on any atom is 0.233 e. The summed E-state index contributed by atoms with van der Waals surface area (Å²) in [5, 5.41) is 11.4. The first-order chi connectivity index (χ1) is 13.5. The lowest BCUT2D eigenvalue weighted by molar-refractivity contribution is -0.120. The fraction of sp³-hybridized carbons (Fsp3) is 0.286. The second-order valence-corrected chi connectivity index (χ2v) is 7.97. The zero-order chi connectivity index (χ0) is 20.1. The Morgan fingerprint density at radius 1 is 1.11 bits per heavy atom. The molecule has 28 heavy (non-hydrogen) atoms. The normalized spacial score (nSPS) is 13.1. The summed E-state index contributed by atoms with van der Waals surface area (Å²) >= 11 is 1.30. The molecule has 1 amide bonds. The zero-order valence-electron chi connectivity index (χ0n) is 16.1. The van der Waals surface area contributed by atoms with E-state index in [1.54, 1.807) is 29.8 Å². The summed E-state index contributed by atoms with van der Waals surface area (Å²) in [6.07, 6.45) is 0. The number of carbonyl (C=O) groups is 1. The SMILES string of the molecule is C[C@H](Sc1nnc(-c2ccccc2F)n1C)C(=O)NC[C@H](C)c1ccccc1. The monoisotopic (exact) mass is 398 g/mol. The number of carbonyl (C=O) groups excluding carboxylic acids is 1. The number of hydrogen-bond acceptors (Lipinski definition) is 4. The molecule has 2 aromatic carbocycles. The second-order valence-electron chi connectivity index (χ2n) is 6.66. The van der Waals surface area contributed by atoms with E-state index in [1.165, 1.54) is 23.4 Å². The summed E-state index contributed by atoms with van der Waals surface area (Å²) < 4.78 is 15.7. The van der Waals surface area contributed by atoms with Crippen LogP contribution in [0, 0.1) is 5.82 Å². The highest BCUT2D eigenvalue weighted by atomic mass is 32.2. The Bertz CT molecular complexity index is 945. The van der Waals surface area contributed by atoms with Crippen LogP contribution in [0.2, 0.25) is 0 Å². The summed E-state index contributed by atoms with van der Waals surface area (Å²) in [5.74, 6) is 0.245. The maximum absolute atomic E-state index is 14.0. The molecule has 0 unspecified atom stereocenters. The second kappa shape index (κ2) is 9.01. The Morgan fingerprint density at radius 3 is 2.50 bits per heavy atom. The topological polar surface area (TPSA) is 59.8 Å². The van der Waals surface area contributed by atoms with Gasteiger partial charge in [0.25, 0.3) is 0 Å². The van der Waals surface area contributed by atoms with Crippen molar-refractivity contribution in [2.45, 2.75) is 30.2 Å². The van der Waals surface area contributed by atoms with Crippen LogP contribution in [0.4, 0.5) is 4.39 Å². The summed E-state index contributed by atoms with van der Waals surface area (Å²) in [6, 6.07) is 16.5. The Balaban J connectivity index is 1.61. The van der Waals surface area contributed by atoms with Crippen LogP contribution in [0.15, 0.2) is 59.8 Å². The molecular formula is C21H23FN4OS. The molecule has 0 aliphatic rings. The predicted molar refractivity (Wildman–Crippen MR) is 110 cm³/mol. The predicted octanol–water partition coefficient (Wildman–Crippen LogP) is 4.02. The van der Waals surface area contributed by atoms with Crippen LogP contribution < -0.4 is 5.32 Å². The largest absolute Gasteiger partial charge is 0.355 e. The molecule has 0 saturated carbocycles. The van der Waals surface area contributed by atoms with Crippen molar-refractivity contribution in [1.82, 2.24) is 20.1 Å². The van der Waals surface area contributed by atoms with Crippen LogP contribution in [0.1, 0.15) is 25.3 Å². The van der Waals surface area contributed by atoms with E-state index in [0.29, 0.717) is 23.1 Å². The number of aromatic nitrogens is 3. The molecule has 2 atom stereocenters. The minimum Gasteiger partial charge on any atom is -0.355 e. The molecular weight excluding hydrogens is 375 g/mol. The third-order valence-corrected chi connectivity index (χ3v) is 5.69. The quantitative estimate of drug-likeness (QED) is 0.611. The molecule has 5 nitrogen and oxygen atoms in total. The van der Waals surface area contributed by atoms with Crippen molar-refractivity contribution < 1.29 is 9.18 Å². The highest BCUT2D eigenvalue weighted by molar-refractivity contribution is 8.00. The summed E-state index contributed by atoms with van der Waals surface area (Å²) in [5.41, 5.74) is 1.57. The molecule has 0 radical (unpaired) electrons. The molecule has 0 aliphatic carbocycles. The van der Waals surface area contributed by atoms with Gasteiger partial charge in [-0.05, 0) is 30.5 Å². The van der Waals surface area contributed by atoms with Gasteiger partial charge in [-0.25, -0.2) is 4.39 Å². The molecule has 0 bridgehead atoms. The third kappa shape index (κ3) is 4.59.